The van der Waals surface area contributed by atoms with Crippen LogP contribution in [-0.4, -0.2) is 42.7 Å². The van der Waals surface area contributed by atoms with Crippen LogP contribution >= 0.6 is 0 Å². The molecule has 3 aromatic carbocycles. The second-order valence-corrected chi connectivity index (χ2v) is 8.71. The molecular formula is C27H29N3O4. The molecule has 0 aliphatic carbocycles. The van der Waals surface area contributed by atoms with Crippen LogP contribution in [0, 0.1) is 5.92 Å². The first kappa shape index (κ1) is 22.3. The highest BCUT2D eigenvalue weighted by molar-refractivity contribution is 5.86. The van der Waals surface area contributed by atoms with Gasteiger partial charge in [-0.1, -0.05) is 54.6 Å². The van der Waals surface area contributed by atoms with E-state index in [1.807, 2.05) is 53.4 Å². The van der Waals surface area contributed by atoms with Crippen LogP contribution in [0.15, 0.2) is 72.8 Å². The lowest BCUT2D eigenvalue weighted by Gasteiger charge is -2.32. The minimum atomic E-state index is -0.404. The predicted octanol–water partition coefficient (Wildman–Crippen LogP) is 3.37. The van der Waals surface area contributed by atoms with Gasteiger partial charge in [0.2, 0.25) is 5.91 Å². The number of nitrogens with zero attached hydrogens (tertiary/aromatic N) is 1. The molecule has 7 nitrogen and oxygen atoms in total. The summed E-state index contributed by atoms with van der Waals surface area (Å²) in [5, 5.41) is 10.6. The summed E-state index contributed by atoms with van der Waals surface area (Å²) in [6.45, 7) is 0.587. The van der Waals surface area contributed by atoms with E-state index in [0.29, 0.717) is 18.0 Å². The van der Waals surface area contributed by atoms with Gasteiger partial charge in [0.15, 0.2) is 11.5 Å². The smallest absolute Gasteiger partial charge is 0.242 e. The fourth-order valence-corrected chi connectivity index (χ4v) is 5.30. The molecule has 0 spiro atoms. The SMILES string of the molecule is COc1ccc(C2C3C(NNC3c3ccccc3O)C(=O)N2CCc2ccccc2)cc1OC. The molecule has 2 aliphatic heterocycles. The molecule has 2 aliphatic rings. The van der Waals surface area contributed by atoms with E-state index in [1.165, 1.54) is 5.56 Å². The minimum absolute atomic E-state index is 0.0473. The maximum Gasteiger partial charge on any atom is 0.242 e. The summed E-state index contributed by atoms with van der Waals surface area (Å²) >= 11 is 0. The van der Waals surface area contributed by atoms with Gasteiger partial charge in [-0.05, 0) is 35.7 Å². The topological polar surface area (TPSA) is 83.1 Å². The summed E-state index contributed by atoms with van der Waals surface area (Å²) in [5.74, 6) is 1.39. The number of fused-ring (bicyclic) bond motifs is 1. The van der Waals surface area contributed by atoms with E-state index in [9.17, 15) is 9.90 Å². The Morgan fingerprint density at radius 2 is 1.59 bits per heavy atom. The molecule has 1 amide bonds. The molecule has 7 heteroatoms. The Kier molecular flexibility index (Phi) is 6.13. The molecule has 0 radical (unpaired) electrons. The van der Waals surface area contributed by atoms with Gasteiger partial charge < -0.3 is 19.5 Å². The van der Waals surface area contributed by atoms with Gasteiger partial charge in [0.25, 0.3) is 0 Å². The van der Waals surface area contributed by atoms with Crippen molar-refractivity contribution in [1.29, 1.82) is 0 Å². The lowest BCUT2D eigenvalue weighted by Crippen LogP contribution is -2.42. The highest BCUT2D eigenvalue weighted by atomic mass is 16.5. The van der Waals surface area contributed by atoms with Crippen LogP contribution in [0.25, 0.3) is 0 Å². The van der Waals surface area contributed by atoms with Gasteiger partial charge in [-0.15, -0.1) is 0 Å². The van der Waals surface area contributed by atoms with Gasteiger partial charge in [0.05, 0.1) is 26.3 Å². The van der Waals surface area contributed by atoms with Crippen LogP contribution in [0.1, 0.15) is 28.8 Å². The molecule has 2 saturated heterocycles. The first-order valence-corrected chi connectivity index (χ1v) is 11.5. The number of phenols is 1. The van der Waals surface area contributed by atoms with Crippen molar-refractivity contribution in [3.05, 3.63) is 89.5 Å². The molecule has 34 heavy (non-hydrogen) atoms. The van der Waals surface area contributed by atoms with Crippen LogP contribution < -0.4 is 20.3 Å². The zero-order valence-corrected chi connectivity index (χ0v) is 19.3. The molecular weight excluding hydrogens is 430 g/mol. The maximum absolute atomic E-state index is 13.6. The molecule has 4 unspecified atom stereocenters. The highest BCUT2D eigenvalue weighted by Gasteiger charge is 2.55. The number of carbonyl (C=O) groups is 1. The molecule has 0 bridgehead atoms. The third-order valence-corrected chi connectivity index (χ3v) is 6.92. The van der Waals surface area contributed by atoms with E-state index >= 15 is 0 Å². The number of benzene rings is 3. The summed E-state index contributed by atoms with van der Waals surface area (Å²) < 4.78 is 11.0. The zero-order chi connectivity index (χ0) is 23.7. The van der Waals surface area contributed by atoms with Gasteiger partial charge in [-0.3, -0.25) is 4.79 Å². The van der Waals surface area contributed by atoms with E-state index < -0.39 is 6.04 Å². The van der Waals surface area contributed by atoms with Crippen molar-refractivity contribution < 1.29 is 19.4 Å². The van der Waals surface area contributed by atoms with Crippen molar-refractivity contribution in [3.63, 3.8) is 0 Å². The average molecular weight is 460 g/mol. The normalized spacial score (nSPS) is 23.7. The molecule has 0 saturated carbocycles. The first-order valence-electron chi connectivity index (χ1n) is 11.5. The summed E-state index contributed by atoms with van der Waals surface area (Å²) in [6.07, 6.45) is 0.754. The lowest BCUT2D eigenvalue weighted by atomic mass is 9.83. The van der Waals surface area contributed by atoms with Crippen molar-refractivity contribution in [1.82, 2.24) is 15.8 Å². The molecule has 2 heterocycles. The lowest BCUT2D eigenvalue weighted by molar-refractivity contribution is -0.130. The third-order valence-electron chi connectivity index (χ3n) is 6.92. The fourth-order valence-electron chi connectivity index (χ4n) is 5.30. The van der Waals surface area contributed by atoms with E-state index in [2.05, 4.69) is 23.0 Å². The van der Waals surface area contributed by atoms with Crippen LogP contribution in [0.4, 0.5) is 0 Å². The number of phenolic OH excluding ortho intramolecular Hbond substituents is 1. The standard InChI is InChI=1S/C27H29N3O4/c1-33-21-13-12-18(16-22(21)34-2)26-23-24(19-10-6-7-11-20(19)31)28-29-25(23)27(32)30(26)15-14-17-8-4-3-5-9-17/h3-13,16,23-26,28-29,31H,14-15H2,1-2H3. The number of carbonyl (C=O) groups excluding carboxylic acids is 1. The average Bonchev–Trinajstić information content (AvgIpc) is 3.42. The van der Waals surface area contributed by atoms with Crippen molar-refractivity contribution >= 4 is 5.91 Å². The van der Waals surface area contributed by atoms with Crippen molar-refractivity contribution in [2.24, 2.45) is 5.92 Å². The van der Waals surface area contributed by atoms with Gasteiger partial charge in [-0.2, -0.15) is 0 Å². The number of hydrogen-bond donors (Lipinski definition) is 3. The first-order chi connectivity index (χ1) is 16.6. The van der Waals surface area contributed by atoms with Crippen molar-refractivity contribution in [2.45, 2.75) is 24.5 Å². The summed E-state index contributed by atoms with van der Waals surface area (Å²) in [6, 6.07) is 22.4. The van der Waals surface area contributed by atoms with Crippen LogP contribution in [0.2, 0.25) is 0 Å². The fraction of sp³-hybridized carbons (Fsp3) is 0.296. The Morgan fingerprint density at radius 3 is 2.32 bits per heavy atom. The summed E-state index contributed by atoms with van der Waals surface area (Å²) in [7, 11) is 3.22. The molecule has 5 rings (SSSR count). The second-order valence-electron chi connectivity index (χ2n) is 8.71. The number of rotatable bonds is 7. The Bertz CT molecular complexity index is 1170. The van der Waals surface area contributed by atoms with Gasteiger partial charge in [-0.25, -0.2) is 10.9 Å². The number of para-hydroxylation sites is 1. The molecule has 176 valence electrons. The van der Waals surface area contributed by atoms with Gasteiger partial charge in [0.1, 0.15) is 11.8 Å². The number of amides is 1. The van der Waals surface area contributed by atoms with E-state index in [-0.39, 0.29) is 29.7 Å². The summed E-state index contributed by atoms with van der Waals surface area (Å²) in [5.41, 5.74) is 9.41. The highest BCUT2D eigenvalue weighted by Crippen LogP contribution is 2.49. The largest absolute Gasteiger partial charge is 0.508 e. The molecule has 2 fully saturated rings. The van der Waals surface area contributed by atoms with Crippen molar-refractivity contribution in [2.75, 3.05) is 20.8 Å². The van der Waals surface area contributed by atoms with E-state index in [0.717, 1.165) is 17.5 Å². The summed E-state index contributed by atoms with van der Waals surface area (Å²) in [4.78, 5) is 15.6. The number of likely N-dealkylation sites (tertiary alicyclic amines) is 1. The molecule has 3 aromatic rings. The molecule has 0 aromatic heterocycles. The number of ether oxygens (including phenoxy) is 2. The van der Waals surface area contributed by atoms with Crippen LogP contribution in [0.5, 0.6) is 17.2 Å². The molecule has 3 N–H and O–H groups in total. The molecule has 4 atom stereocenters. The number of aromatic hydroxyl groups is 1. The Balaban J connectivity index is 1.55. The number of hydrogen-bond acceptors (Lipinski definition) is 6. The minimum Gasteiger partial charge on any atom is -0.508 e. The van der Waals surface area contributed by atoms with E-state index in [1.54, 1.807) is 26.4 Å². The van der Waals surface area contributed by atoms with Crippen LogP contribution in [-0.2, 0) is 11.2 Å². The van der Waals surface area contributed by atoms with Crippen molar-refractivity contribution in [3.8, 4) is 17.2 Å². The number of methoxy groups -OCH3 is 2. The Morgan fingerprint density at radius 1 is 0.882 bits per heavy atom. The predicted molar refractivity (Wildman–Crippen MR) is 129 cm³/mol. The number of nitrogens with one attached hydrogen (secondary N) is 2. The zero-order valence-electron chi connectivity index (χ0n) is 19.3. The maximum atomic E-state index is 13.6. The Hall–Kier alpha value is -3.55. The van der Waals surface area contributed by atoms with Crippen LogP contribution in [0.3, 0.4) is 0 Å². The third kappa shape index (κ3) is 3.87. The number of hydrazine groups is 1. The van der Waals surface area contributed by atoms with Gasteiger partial charge in [0, 0.05) is 18.0 Å². The van der Waals surface area contributed by atoms with Gasteiger partial charge >= 0.3 is 0 Å². The second kappa shape index (κ2) is 9.37. The Labute approximate surface area is 199 Å². The quantitative estimate of drug-likeness (QED) is 0.503. The monoisotopic (exact) mass is 459 g/mol. The van der Waals surface area contributed by atoms with E-state index in [4.69, 9.17) is 9.47 Å².